The summed E-state index contributed by atoms with van der Waals surface area (Å²) >= 11 is 3.51. The van der Waals surface area contributed by atoms with Crippen LogP contribution in [0, 0.1) is 18.3 Å². The molecule has 2 atom stereocenters. The van der Waals surface area contributed by atoms with Crippen LogP contribution in [-0.4, -0.2) is 37.1 Å². The van der Waals surface area contributed by atoms with Crippen molar-refractivity contribution in [3.05, 3.63) is 28.2 Å². The first-order valence-corrected chi connectivity index (χ1v) is 7.42. The number of aryl methyl sites for hydroxylation is 1. The zero-order valence-corrected chi connectivity index (χ0v) is 13.3. The molecule has 0 aromatic heterocycles. The lowest BCUT2D eigenvalue weighted by Crippen LogP contribution is -2.56. The van der Waals surface area contributed by atoms with E-state index in [2.05, 4.69) is 70.9 Å². The minimum Gasteiger partial charge on any atom is -0.366 e. The van der Waals surface area contributed by atoms with Crippen LogP contribution in [0.25, 0.3) is 0 Å². The number of nitriles is 1. The summed E-state index contributed by atoms with van der Waals surface area (Å²) in [5.41, 5.74) is 2.56. The maximum Gasteiger partial charge on any atom is 0.0638 e. The average Bonchev–Trinajstić information content (AvgIpc) is 2.34. The van der Waals surface area contributed by atoms with Gasteiger partial charge in [-0.3, -0.25) is 4.90 Å². The van der Waals surface area contributed by atoms with E-state index in [0.717, 1.165) is 17.6 Å². The van der Waals surface area contributed by atoms with Gasteiger partial charge in [-0.1, -0.05) is 15.9 Å². The minimum atomic E-state index is 0.323. The number of nitrogens with zero attached hydrogens (tertiary/aromatic N) is 3. The van der Waals surface area contributed by atoms with E-state index in [1.54, 1.807) is 0 Å². The monoisotopic (exact) mass is 321 g/mol. The third-order valence-corrected chi connectivity index (χ3v) is 4.40. The van der Waals surface area contributed by atoms with Gasteiger partial charge in [0, 0.05) is 35.3 Å². The molecule has 2 rings (SSSR count). The standard InChI is InChI=1S/C15H20BrN3/c1-11-8-13(16)4-5-15(11)19-10-14(6-7-17)18(3)9-12(19)2/h4-5,8,12,14H,6,9-10H2,1-3H3. The number of hydrogen-bond donors (Lipinski definition) is 0. The molecule has 19 heavy (non-hydrogen) atoms. The Balaban J connectivity index is 2.25. The van der Waals surface area contributed by atoms with Crippen LogP contribution in [0.2, 0.25) is 0 Å². The third kappa shape index (κ3) is 3.10. The summed E-state index contributed by atoms with van der Waals surface area (Å²) in [6.07, 6.45) is 0.593. The summed E-state index contributed by atoms with van der Waals surface area (Å²) in [6.45, 7) is 6.32. The van der Waals surface area contributed by atoms with E-state index < -0.39 is 0 Å². The second kappa shape index (κ2) is 5.94. The highest BCUT2D eigenvalue weighted by molar-refractivity contribution is 9.10. The minimum absolute atomic E-state index is 0.323. The van der Waals surface area contributed by atoms with Crippen molar-refractivity contribution in [2.75, 3.05) is 25.0 Å². The number of rotatable bonds is 2. The molecule has 1 aromatic rings. The molecule has 0 amide bonds. The van der Waals surface area contributed by atoms with E-state index in [9.17, 15) is 0 Å². The molecule has 1 heterocycles. The van der Waals surface area contributed by atoms with Gasteiger partial charge < -0.3 is 4.90 Å². The smallest absolute Gasteiger partial charge is 0.0638 e. The van der Waals surface area contributed by atoms with Crippen LogP contribution in [-0.2, 0) is 0 Å². The summed E-state index contributed by atoms with van der Waals surface area (Å²) in [6, 6.07) is 9.51. The van der Waals surface area contributed by atoms with Crippen LogP contribution >= 0.6 is 15.9 Å². The molecule has 1 aliphatic rings. The van der Waals surface area contributed by atoms with E-state index in [4.69, 9.17) is 5.26 Å². The summed E-state index contributed by atoms with van der Waals surface area (Å²) in [5, 5.41) is 8.95. The van der Waals surface area contributed by atoms with E-state index in [1.807, 2.05) is 0 Å². The second-order valence-corrected chi connectivity index (χ2v) is 6.30. The Kier molecular flexibility index (Phi) is 4.49. The zero-order valence-electron chi connectivity index (χ0n) is 11.7. The van der Waals surface area contributed by atoms with Gasteiger partial charge in [0.25, 0.3) is 0 Å². The van der Waals surface area contributed by atoms with Gasteiger partial charge in [-0.15, -0.1) is 0 Å². The predicted octanol–water partition coefficient (Wildman–Crippen LogP) is 3.18. The molecular formula is C15H20BrN3. The Hall–Kier alpha value is -1.05. The highest BCUT2D eigenvalue weighted by Gasteiger charge is 2.29. The van der Waals surface area contributed by atoms with E-state index in [0.29, 0.717) is 18.5 Å². The van der Waals surface area contributed by atoms with Gasteiger partial charge in [0.05, 0.1) is 12.5 Å². The Morgan fingerprint density at radius 3 is 2.79 bits per heavy atom. The number of piperazine rings is 1. The molecule has 3 nitrogen and oxygen atoms in total. The van der Waals surface area contributed by atoms with Crippen molar-refractivity contribution >= 4 is 21.6 Å². The number of anilines is 1. The van der Waals surface area contributed by atoms with Crippen LogP contribution in [0.3, 0.4) is 0 Å². The Bertz CT molecular complexity index is 495. The molecule has 0 radical (unpaired) electrons. The second-order valence-electron chi connectivity index (χ2n) is 5.39. The van der Waals surface area contributed by atoms with Gasteiger partial charge in [0.15, 0.2) is 0 Å². The number of halogens is 1. The van der Waals surface area contributed by atoms with Gasteiger partial charge >= 0.3 is 0 Å². The van der Waals surface area contributed by atoms with Gasteiger partial charge in [-0.05, 0) is 44.7 Å². The van der Waals surface area contributed by atoms with Crippen molar-refractivity contribution in [2.45, 2.75) is 32.4 Å². The van der Waals surface area contributed by atoms with Crippen LogP contribution < -0.4 is 4.90 Å². The molecule has 0 bridgehead atoms. The molecule has 1 aromatic carbocycles. The van der Waals surface area contributed by atoms with Crippen molar-refractivity contribution in [3.8, 4) is 6.07 Å². The van der Waals surface area contributed by atoms with Crippen LogP contribution in [0.1, 0.15) is 18.9 Å². The molecule has 102 valence electrons. The van der Waals surface area contributed by atoms with Gasteiger partial charge in [0.1, 0.15) is 0 Å². The summed E-state index contributed by atoms with van der Waals surface area (Å²) in [4.78, 5) is 4.74. The molecule has 2 unspecified atom stereocenters. The van der Waals surface area contributed by atoms with Crippen LogP contribution in [0.5, 0.6) is 0 Å². The lowest BCUT2D eigenvalue weighted by atomic mass is 10.0. The third-order valence-electron chi connectivity index (χ3n) is 3.91. The maximum atomic E-state index is 8.95. The molecule has 1 fully saturated rings. The van der Waals surface area contributed by atoms with Crippen LogP contribution in [0.4, 0.5) is 5.69 Å². The van der Waals surface area contributed by atoms with E-state index in [1.165, 1.54) is 11.3 Å². The molecule has 1 aliphatic heterocycles. The highest BCUT2D eigenvalue weighted by Crippen LogP contribution is 2.28. The average molecular weight is 322 g/mol. The number of benzene rings is 1. The molecule has 0 N–H and O–H groups in total. The zero-order chi connectivity index (χ0) is 14.0. The van der Waals surface area contributed by atoms with E-state index in [-0.39, 0.29) is 0 Å². The van der Waals surface area contributed by atoms with Crippen molar-refractivity contribution in [1.29, 1.82) is 5.26 Å². The van der Waals surface area contributed by atoms with Crippen molar-refractivity contribution in [3.63, 3.8) is 0 Å². The Morgan fingerprint density at radius 1 is 1.42 bits per heavy atom. The van der Waals surface area contributed by atoms with Crippen molar-refractivity contribution in [1.82, 2.24) is 4.90 Å². The summed E-state index contributed by atoms with van der Waals surface area (Å²) < 4.78 is 1.11. The Morgan fingerprint density at radius 2 is 2.16 bits per heavy atom. The molecular weight excluding hydrogens is 302 g/mol. The number of likely N-dealkylation sites (N-methyl/N-ethyl adjacent to an activating group) is 1. The lowest BCUT2D eigenvalue weighted by molar-refractivity contribution is 0.194. The molecule has 0 spiro atoms. The van der Waals surface area contributed by atoms with Gasteiger partial charge in [0.2, 0.25) is 0 Å². The first kappa shape index (κ1) is 14.4. The Labute approximate surface area is 123 Å². The summed E-state index contributed by atoms with van der Waals surface area (Å²) in [5.74, 6) is 0. The predicted molar refractivity (Wildman–Crippen MR) is 82.3 cm³/mol. The first-order valence-electron chi connectivity index (χ1n) is 6.63. The fourth-order valence-corrected chi connectivity index (χ4v) is 3.29. The topological polar surface area (TPSA) is 30.3 Å². The fraction of sp³-hybridized carbons (Fsp3) is 0.533. The largest absolute Gasteiger partial charge is 0.366 e. The normalized spacial score (nSPS) is 24.3. The number of hydrogen-bond acceptors (Lipinski definition) is 3. The lowest BCUT2D eigenvalue weighted by Gasteiger charge is -2.45. The molecule has 0 aliphatic carbocycles. The fourth-order valence-electron chi connectivity index (χ4n) is 2.81. The van der Waals surface area contributed by atoms with Crippen molar-refractivity contribution in [2.24, 2.45) is 0 Å². The SMILES string of the molecule is Cc1cc(Br)ccc1N1CC(CC#N)N(C)CC1C. The molecule has 0 saturated carbocycles. The van der Waals surface area contributed by atoms with Gasteiger partial charge in [-0.2, -0.15) is 5.26 Å². The quantitative estimate of drug-likeness (QED) is 0.838. The molecule has 1 saturated heterocycles. The van der Waals surface area contributed by atoms with Gasteiger partial charge in [-0.25, -0.2) is 0 Å². The van der Waals surface area contributed by atoms with Crippen LogP contribution in [0.15, 0.2) is 22.7 Å². The molecule has 4 heteroatoms. The first-order chi connectivity index (χ1) is 9.02. The maximum absolute atomic E-state index is 8.95. The highest BCUT2D eigenvalue weighted by atomic mass is 79.9. The summed E-state index contributed by atoms with van der Waals surface area (Å²) in [7, 11) is 2.12. The van der Waals surface area contributed by atoms with Crippen molar-refractivity contribution < 1.29 is 0 Å². The van der Waals surface area contributed by atoms with E-state index >= 15 is 0 Å².